The first kappa shape index (κ1) is 13.9. The highest BCUT2D eigenvalue weighted by atomic mass is 16.3. The van der Waals surface area contributed by atoms with Crippen molar-refractivity contribution in [3.05, 3.63) is 24.3 Å². The van der Waals surface area contributed by atoms with Gasteiger partial charge in [0.1, 0.15) is 0 Å². The van der Waals surface area contributed by atoms with Crippen LogP contribution in [0.25, 0.3) is 0 Å². The lowest BCUT2D eigenvalue weighted by atomic mass is 10.2. The van der Waals surface area contributed by atoms with Crippen LogP contribution in [-0.4, -0.2) is 23.7 Å². The zero-order valence-corrected chi connectivity index (χ0v) is 9.57. The molecule has 0 aromatic rings. The number of rotatable bonds is 7. The number of nitrogens with one attached hydrogen (secondary N) is 1. The van der Waals surface area contributed by atoms with Crippen LogP contribution in [0.2, 0.25) is 0 Å². The topological polar surface area (TPSA) is 49.3 Å². The van der Waals surface area contributed by atoms with Gasteiger partial charge in [0, 0.05) is 6.54 Å². The molecule has 2 N–H and O–H groups in total. The Morgan fingerprint density at radius 1 is 1.33 bits per heavy atom. The van der Waals surface area contributed by atoms with E-state index in [0.717, 1.165) is 19.3 Å². The third kappa shape index (κ3) is 10.8. The highest BCUT2D eigenvalue weighted by Gasteiger charge is 1.97. The van der Waals surface area contributed by atoms with Crippen molar-refractivity contribution in [1.29, 1.82) is 0 Å². The van der Waals surface area contributed by atoms with Crippen LogP contribution in [0.5, 0.6) is 0 Å². The molecule has 0 aliphatic rings. The number of unbranched alkanes of at least 4 members (excludes halogenated alkanes) is 1. The maximum atomic E-state index is 11.1. The van der Waals surface area contributed by atoms with E-state index in [4.69, 9.17) is 5.11 Å². The Balaban J connectivity index is 3.50. The van der Waals surface area contributed by atoms with Crippen molar-refractivity contribution in [2.75, 3.05) is 6.54 Å². The Morgan fingerprint density at radius 2 is 2.00 bits per heavy atom. The summed E-state index contributed by atoms with van der Waals surface area (Å²) in [6.07, 6.45) is 9.99. The Morgan fingerprint density at radius 3 is 2.60 bits per heavy atom. The number of hydrogen-bond donors (Lipinski definition) is 2. The molecule has 1 atom stereocenters. The zero-order chi connectivity index (χ0) is 11.5. The lowest BCUT2D eigenvalue weighted by Gasteiger charge is -2.03. The summed E-state index contributed by atoms with van der Waals surface area (Å²) >= 11 is 0. The second kappa shape index (κ2) is 9.46. The molecule has 0 aromatic heterocycles. The van der Waals surface area contributed by atoms with Crippen molar-refractivity contribution in [1.82, 2.24) is 5.32 Å². The summed E-state index contributed by atoms with van der Waals surface area (Å²) in [5.74, 6) is -0.143. The molecule has 0 aliphatic carbocycles. The van der Waals surface area contributed by atoms with Gasteiger partial charge < -0.3 is 10.4 Å². The molecule has 0 radical (unpaired) electrons. The number of aliphatic hydroxyl groups excluding tert-OH is 1. The Labute approximate surface area is 91.9 Å². The van der Waals surface area contributed by atoms with E-state index in [1.54, 1.807) is 6.92 Å². The average Bonchev–Trinajstić information content (AvgIpc) is 2.20. The van der Waals surface area contributed by atoms with E-state index in [1.807, 2.05) is 6.08 Å². The van der Waals surface area contributed by atoms with Crippen LogP contribution in [0.4, 0.5) is 0 Å². The molecule has 86 valence electrons. The molecule has 0 rings (SSSR count). The molecule has 0 heterocycles. The van der Waals surface area contributed by atoms with Crippen molar-refractivity contribution in [2.45, 2.75) is 39.2 Å². The van der Waals surface area contributed by atoms with Gasteiger partial charge in [0.15, 0.2) is 0 Å². The van der Waals surface area contributed by atoms with Gasteiger partial charge in [-0.15, -0.1) is 0 Å². The van der Waals surface area contributed by atoms with Gasteiger partial charge in [-0.1, -0.05) is 25.2 Å². The first-order chi connectivity index (χ1) is 7.16. The number of carbonyl (C=O) groups excluding carboxylic acids is 1. The van der Waals surface area contributed by atoms with Gasteiger partial charge >= 0.3 is 0 Å². The van der Waals surface area contributed by atoms with E-state index in [2.05, 4.69) is 24.4 Å². The molecule has 0 fully saturated rings. The van der Waals surface area contributed by atoms with E-state index in [0.29, 0.717) is 6.54 Å². The van der Waals surface area contributed by atoms with Gasteiger partial charge in [0.05, 0.1) is 6.10 Å². The molecule has 0 spiro atoms. The highest BCUT2D eigenvalue weighted by Crippen LogP contribution is 1.93. The van der Waals surface area contributed by atoms with Crippen molar-refractivity contribution in [3.63, 3.8) is 0 Å². The predicted octanol–water partition coefficient (Wildman–Crippen LogP) is 1.79. The zero-order valence-electron chi connectivity index (χ0n) is 9.57. The van der Waals surface area contributed by atoms with Crippen LogP contribution in [0.3, 0.4) is 0 Å². The maximum Gasteiger partial charge on any atom is 0.243 e. The number of aliphatic hydroxyl groups is 1. The summed E-state index contributed by atoms with van der Waals surface area (Å²) in [7, 11) is 0. The van der Waals surface area contributed by atoms with Crippen LogP contribution in [0.1, 0.15) is 33.1 Å². The lowest BCUT2D eigenvalue weighted by Crippen LogP contribution is -2.28. The molecule has 3 nitrogen and oxygen atoms in total. The predicted molar refractivity (Wildman–Crippen MR) is 62.5 cm³/mol. The summed E-state index contributed by atoms with van der Waals surface area (Å²) in [6, 6.07) is 0. The van der Waals surface area contributed by atoms with Crippen LogP contribution >= 0.6 is 0 Å². The molecule has 3 heteroatoms. The van der Waals surface area contributed by atoms with E-state index in [1.165, 1.54) is 6.08 Å². The van der Waals surface area contributed by atoms with Gasteiger partial charge in [-0.3, -0.25) is 4.79 Å². The Hall–Kier alpha value is -1.09. The van der Waals surface area contributed by atoms with E-state index in [9.17, 15) is 4.79 Å². The molecule has 0 aliphatic heterocycles. The molecule has 0 saturated carbocycles. The minimum Gasteiger partial charge on any atom is -0.392 e. The third-order valence-corrected chi connectivity index (χ3v) is 1.74. The summed E-state index contributed by atoms with van der Waals surface area (Å²) < 4.78 is 0. The standard InChI is InChI=1S/C12H21NO2/c1-3-4-5-6-7-8-9-12(15)13-10-11(2)14/h4-5,8-9,11,14H,3,6-7,10H2,1-2H3,(H,13,15). The molecule has 1 unspecified atom stereocenters. The van der Waals surface area contributed by atoms with Gasteiger partial charge in [-0.25, -0.2) is 0 Å². The van der Waals surface area contributed by atoms with Gasteiger partial charge in [-0.05, 0) is 32.3 Å². The van der Waals surface area contributed by atoms with Crippen LogP contribution < -0.4 is 5.32 Å². The largest absolute Gasteiger partial charge is 0.392 e. The van der Waals surface area contributed by atoms with Crippen molar-refractivity contribution in [3.8, 4) is 0 Å². The Kier molecular flexibility index (Phi) is 8.78. The minimum atomic E-state index is -0.491. The average molecular weight is 211 g/mol. The van der Waals surface area contributed by atoms with E-state index < -0.39 is 6.10 Å². The maximum absolute atomic E-state index is 11.1. The quantitative estimate of drug-likeness (QED) is 0.383. The summed E-state index contributed by atoms with van der Waals surface area (Å²) in [5, 5.41) is 11.5. The normalized spacial score (nSPS) is 13.5. The number of carbonyl (C=O) groups is 1. The molecule has 0 saturated heterocycles. The van der Waals surface area contributed by atoms with Crippen molar-refractivity contribution in [2.24, 2.45) is 0 Å². The molecular formula is C12H21NO2. The SMILES string of the molecule is CCC=CCCC=CC(=O)NCC(C)O. The number of hydrogen-bond acceptors (Lipinski definition) is 2. The minimum absolute atomic E-state index is 0.143. The number of amides is 1. The first-order valence-corrected chi connectivity index (χ1v) is 5.44. The monoisotopic (exact) mass is 211 g/mol. The fraction of sp³-hybridized carbons (Fsp3) is 0.583. The summed E-state index contributed by atoms with van der Waals surface area (Å²) in [4.78, 5) is 11.1. The molecule has 15 heavy (non-hydrogen) atoms. The molecule has 1 amide bonds. The molecule has 0 bridgehead atoms. The van der Waals surface area contributed by atoms with Crippen LogP contribution in [-0.2, 0) is 4.79 Å². The summed E-state index contributed by atoms with van der Waals surface area (Å²) in [5.41, 5.74) is 0. The van der Waals surface area contributed by atoms with Crippen LogP contribution in [0.15, 0.2) is 24.3 Å². The third-order valence-electron chi connectivity index (χ3n) is 1.74. The van der Waals surface area contributed by atoms with Crippen LogP contribution in [0, 0.1) is 0 Å². The molecule has 0 aromatic carbocycles. The van der Waals surface area contributed by atoms with E-state index >= 15 is 0 Å². The number of allylic oxidation sites excluding steroid dienone is 3. The molecular weight excluding hydrogens is 190 g/mol. The first-order valence-electron chi connectivity index (χ1n) is 5.44. The van der Waals surface area contributed by atoms with Crippen molar-refractivity contribution < 1.29 is 9.90 Å². The lowest BCUT2D eigenvalue weighted by molar-refractivity contribution is -0.116. The second-order valence-electron chi connectivity index (χ2n) is 3.45. The van der Waals surface area contributed by atoms with Gasteiger partial charge in [0.2, 0.25) is 5.91 Å². The summed E-state index contributed by atoms with van der Waals surface area (Å²) in [6.45, 7) is 4.04. The fourth-order valence-electron chi connectivity index (χ4n) is 0.975. The highest BCUT2D eigenvalue weighted by molar-refractivity contribution is 5.87. The van der Waals surface area contributed by atoms with Gasteiger partial charge in [0.25, 0.3) is 0 Å². The van der Waals surface area contributed by atoms with Crippen molar-refractivity contribution >= 4 is 5.91 Å². The fourth-order valence-corrected chi connectivity index (χ4v) is 0.975. The second-order valence-corrected chi connectivity index (χ2v) is 3.45. The Bertz CT molecular complexity index is 220. The van der Waals surface area contributed by atoms with E-state index in [-0.39, 0.29) is 5.91 Å². The van der Waals surface area contributed by atoms with Gasteiger partial charge in [-0.2, -0.15) is 0 Å². The smallest absolute Gasteiger partial charge is 0.243 e.